The normalized spacial score (nSPS) is 24.5. The average Bonchev–Trinajstić information content (AvgIpc) is 2.94. The number of hydrogen-bond donors (Lipinski definition) is 3. The van der Waals surface area contributed by atoms with E-state index < -0.39 is 0 Å². The van der Waals surface area contributed by atoms with Crippen LogP contribution in [-0.2, 0) is 4.74 Å². The van der Waals surface area contributed by atoms with Crippen molar-refractivity contribution in [2.24, 2.45) is 0 Å². The van der Waals surface area contributed by atoms with Gasteiger partial charge in [0.15, 0.2) is 18.9 Å². The van der Waals surface area contributed by atoms with Crippen molar-refractivity contribution < 1.29 is 14.4 Å². The lowest BCUT2D eigenvalue weighted by molar-refractivity contribution is -0.735. The quantitative estimate of drug-likeness (QED) is 0.606. The van der Waals surface area contributed by atoms with Gasteiger partial charge in [-0.05, 0) is 0 Å². The minimum atomic E-state index is -0.210. The maximum atomic E-state index is 11.5. The third-order valence-corrected chi connectivity index (χ3v) is 3.73. The van der Waals surface area contributed by atoms with Gasteiger partial charge in [-0.25, -0.2) is 4.57 Å². The molecule has 2 aromatic heterocycles. The molecule has 0 bridgehead atoms. The van der Waals surface area contributed by atoms with E-state index in [1.807, 2.05) is 0 Å². The van der Waals surface area contributed by atoms with E-state index in [9.17, 15) is 4.79 Å². The average molecular weight is 255 g/mol. The summed E-state index contributed by atoms with van der Waals surface area (Å²) in [5.41, 5.74) is 0.559. The number of imidazole rings is 1. The van der Waals surface area contributed by atoms with Gasteiger partial charge in [0, 0.05) is 0 Å². The van der Waals surface area contributed by atoms with E-state index in [0.29, 0.717) is 11.2 Å². The number of thioether (sulfide) groups is 1. The number of aliphatic hydroxyl groups excluding tert-OH is 1. The zero-order valence-corrected chi connectivity index (χ0v) is 9.61. The Hall–Kier alpha value is -1.38. The van der Waals surface area contributed by atoms with Crippen LogP contribution in [-0.4, -0.2) is 37.9 Å². The monoisotopic (exact) mass is 255 g/mol. The number of nitrogens with zero attached hydrogens (tertiary/aromatic N) is 2. The van der Waals surface area contributed by atoms with Crippen molar-refractivity contribution in [1.29, 1.82) is 0 Å². The van der Waals surface area contributed by atoms with Crippen LogP contribution in [0.2, 0.25) is 0 Å². The van der Waals surface area contributed by atoms with Crippen LogP contribution >= 0.6 is 11.8 Å². The van der Waals surface area contributed by atoms with Crippen molar-refractivity contribution in [3.05, 3.63) is 23.0 Å². The van der Waals surface area contributed by atoms with Crippen LogP contribution in [0.15, 0.2) is 17.4 Å². The fourth-order valence-electron chi connectivity index (χ4n) is 1.82. The third kappa shape index (κ3) is 1.74. The fraction of sp³-hybridized carbons (Fsp3) is 0.444. The predicted octanol–water partition coefficient (Wildman–Crippen LogP) is -0.881. The number of aliphatic hydroxyl groups is 1. The number of nitrogens with one attached hydrogen (secondary N) is 2. The number of aromatic nitrogens is 4. The Morgan fingerprint density at radius 3 is 3.29 bits per heavy atom. The fourth-order valence-corrected chi connectivity index (χ4v) is 2.75. The molecule has 1 saturated heterocycles. The van der Waals surface area contributed by atoms with E-state index in [1.54, 1.807) is 22.7 Å². The molecular formula is C9H11N4O3S+. The number of aromatic amines is 2. The van der Waals surface area contributed by atoms with Gasteiger partial charge in [-0.3, -0.25) is 14.8 Å². The Kier molecular flexibility index (Phi) is 2.61. The summed E-state index contributed by atoms with van der Waals surface area (Å²) in [5, 5.41) is 9.01. The molecule has 1 fully saturated rings. The topological polar surface area (TPSA) is 94.9 Å². The molecule has 0 unspecified atom stereocenters. The minimum Gasteiger partial charge on any atom is -0.393 e. The molecule has 0 aliphatic carbocycles. The van der Waals surface area contributed by atoms with Crippen molar-refractivity contribution in [1.82, 2.24) is 15.0 Å². The zero-order chi connectivity index (χ0) is 11.8. The number of hydrogen-bond acceptors (Lipinski definition) is 5. The SMILES string of the molecule is O=c1[nH]cnc2c1[nH]c[n+]2[C@@H]1CS[C@@H](CO)O1. The molecule has 8 heteroatoms. The van der Waals surface area contributed by atoms with E-state index in [1.165, 1.54) is 6.33 Å². The highest BCUT2D eigenvalue weighted by Crippen LogP contribution is 2.28. The Morgan fingerprint density at radius 2 is 2.53 bits per heavy atom. The molecule has 1 aliphatic rings. The molecule has 2 aromatic rings. The van der Waals surface area contributed by atoms with E-state index in [4.69, 9.17) is 9.84 Å². The Labute approximate surface area is 99.8 Å². The second-order valence-corrected chi connectivity index (χ2v) is 4.84. The molecule has 3 N–H and O–H groups in total. The van der Waals surface area contributed by atoms with Gasteiger partial charge in [0.2, 0.25) is 5.52 Å². The van der Waals surface area contributed by atoms with Crippen LogP contribution in [0.3, 0.4) is 0 Å². The summed E-state index contributed by atoms with van der Waals surface area (Å²) in [6.07, 6.45) is 2.82. The lowest BCUT2D eigenvalue weighted by Crippen LogP contribution is -2.40. The number of ether oxygens (including phenoxy) is 1. The second kappa shape index (κ2) is 4.13. The van der Waals surface area contributed by atoms with E-state index in [0.717, 1.165) is 5.75 Å². The molecule has 1 aliphatic heterocycles. The summed E-state index contributed by atoms with van der Waals surface area (Å²) in [6, 6.07) is 0. The van der Waals surface area contributed by atoms with Gasteiger partial charge < -0.3 is 9.84 Å². The van der Waals surface area contributed by atoms with E-state index >= 15 is 0 Å². The smallest absolute Gasteiger partial charge is 0.311 e. The first kappa shape index (κ1) is 10.8. The first-order valence-electron chi connectivity index (χ1n) is 5.13. The molecule has 3 heterocycles. The summed E-state index contributed by atoms with van der Waals surface area (Å²) in [4.78, 5) is 21.0. The van der Waals surface area contributed by atoms with Crippen molar-refractivity contribution >= 4 is 22.9 Å². The van der Waals surface area contributed by atoms with E-state index in [-0.39, 0.29) is 23.8 Å². The molecular weight excluding hydrogens is 244 g/mol. The van der Waals surface area contributed by atoms with Crippen molar-refractivity contribution in [3.63, 3.8) is 0 Å². The molecule has 0 amide bonds. The second-order valence-electron chi connectivity index (χ2n) is 3.65. The van der Waals surface area contributed by atoms with Crippen molar-refractivity contribution in [2.45, 2.75) is 11.7 Å². The third-order valence-electron chi connectivity index (χ3n) is 2.62. The van der Waals surface area contributed by atoms with E-state index in [2.05, 4.69) is 15.0 Å². The highest BCUT2D eigenvalue weighted by Gasteiger charge is 2.31. The van der Waals surface area contributed by atoms with Crippen molar-refractivity contribution in [2.75, 3.05) is 12.4 Å². The predicted molar refractivity (Wildman–Crippen MR) is 60.4 cm³/mol. The molecule has 0 spiro atoms. The summed E-state index contributed by atoms with van der Waals surface area (Å²) in [7, 11) is 0. The van der Waals surface area contributed by atoms with Crippen LogP contribution in [0.25, 0.3) is 11.2 Å². The summed E-state index contributed by atoms with van der Waals surface area (Å²) in [6.45, 7) is -0.0158. The standard InChI is InChI=1S/C9H10N4O3S/c14-1-6-16-5(2-17-6)13-4-12-7-8(13)10-3-11-9(7)15/h3-6,14H,1-2H2,(H,10,11,15)/p+1/t5-,6-/m0/s1. The minimum absolute atomic E-state index is 0.0158. The maximum Gasteiger partial charge on any atom is 0.311 e. The molecule has 0 aromatic carbocycles. The molecule has 0 radical (unpaired) electrons. The number of H-pyrrole nitrogens is 2. The van der Waals surface area contributed by atoms with Gasteiger partial charge in [0.25, 0.3) is 5.56 Å². The van der Waals surface area contributed by atoms with Crippen LogP contribution in [0.1, 0.15) is 6.23 Å². The molecule has 3 rings (SSSR count). The van der Waals surface area contributed by atoms with Gasteiger partial charge in [0.1, 0.15) is 5.44 Å². The Balaban J connectivity index is 2.02. The van der Waals surface area contributed by atoms with Gasteiger partial charge in [-0.1, -0.05) is 4.98 Å². The number of rotatable bonds is 2. The highest BCUT2D eigenvalue weighted by atomic mass is 32.2. The van der Waals surface area contributed by atoms with Crippen LogP contribution in [0, 0.1) is 0 Å². The van der Waals surface area contributed by atoms with Gasteiger partial charge >= 0.3 is 5.65 Å². The molecule has 7 nitrogen and oxygen atoms in total. The highest BCUT2D eigenvalue weighted by molar-refractivity contribution is 8.00. The summed E-state index contributed by atoms with van der Waals surface area (Å²) < 4.78 is 7.38. The summed E-state index contributed by atoms with van der Waals surface area (Å²) >= 11 is 1.54. The first-order valence-corrected chi connectivity index (χ1v) is 6.18. The Bertz CT molecular complexity index is 595. The largest absolute Gasteiger partial charge is 0.393 e. The Morgan fingerprint density at radius 1 is 1.65 bits per heavy atom. The summed E-state index contributed by atoms with van der Waals surface area (Å²) in [5.74, 6) is 0.720. The van der Waals surface area contributed by atoms with Crippen LogP contribution in [0.5, 0.6) is 0 Å². The van der Waals surface area contributed by atoms with Gasteiger partial charge in [-0.2, -0.15) is 0 Å². The van der Waals surface area contributed by atoms with Crippen LogP contribution in [0.4, 0.5) is 0 Å². The van der Waals surface area contributed by atoms with Crippen LogP contribution < -0.4 is 10.1 Å². The van der Waals surface area contributed by atoms with Crippen molar-refractivity contribution in [3.8, 4) is 0 Å². The molecule has 90 valence electrons. The number of fused-ring (bicyclic) bond motifs is 1. The van der Waals surface area contributed by atoms with Gasteiger partial charge in [0.05, 0.1) is 12.4 Å². The lowest BCUT2D eigenvalue weighted by Gasteiger charge is -2.07. The lowest BCUT2D eigenvalue weighted by atomic mass is 10.5. The maximum absolute atomic E-state index is 11.5. The molecule has 0 saturated carbocycles. The molecule has 2 atom stereocenters. The molecule has 17 heavy (non-hydrogen) atoms. The first-order chi connectivity index (χ1) is 8.29. The van der Waals surface area contributed by atoms with Gasteiger partial charge in [-0.15, -0.1) is 11.8 Å². The zero-order valence-electron chi connectivity index (χ0n) is 8.79.